The summed E-state index contributed by atoms with van der Waals surface area (Å²) in [5.41, 5.74) is -0.397. The predicted molar refractivity (Wildman–Crippen MR) is 77.8 cm³/mol. The third-order valence-electron chi connectivity index (χ3n) is 3.46. The highest BCUT2D eigenvalue weighted by atomic mass is 16.5. The number of hydrogen-bond acceptors (Lipinski definition) is 6. The van der Waals surface area contributed by atoms with Gasteiger partial charge in [-0.15, -0.1) is 0 Å². The Labute approximate surface area is 123 Å². The molecule has 2 heterocycles. The van der Waals surface area contributed by atoms with Crippen molar-refractivity contribution in [2.45, 2.75) is 31.9 Å². The molecular weight excluding hydrogens is 274 g/mol. The molecule has 0 saturated carbocycles. The van der Waals surface area contributed by atoms with E-state index in [4.69, 9.17) is 9.84 Å². The van der Waals surface area contributed by atoms with E-state index in [2.05, 4.69) is 19.9 Å². The highest BCUT2D eigenvalue weighted by molar-refractivity contribution is 5.58. The second kappa shape index (κ2) is 7.84. The lowest BCUT2D eigenvalue weighted by atomic mass is 10.2. The molecule has 8 nitrogen and oxygen atoms in total. The number of aliphatic hydroxyl groups excluding tert-OH is 1. The standard InChI is InChI=1S/C13H21N5O3/c1-21-11(8-19)4-7-18-10-15-12(16-13(18)20)14-9-17-5-2-3-6-17/h9-11,19H,2-8H2,1H3/b14-9+. The zero-order chi connectivity index (χ0) is 15.1. The summed E-state index contributed by atoms with van der Waals surface area (Å²) in [6, 6.07) is 0. The van der Waals surface area contributed by atoms with Gasteiger partial charge in [0.15, 0.2) is 0 Å². The van der Waals surface area contributed by atoms with E-state index in [1.807, 2.05) is 0 Å². The lowest BCUT2D eigenvalue weighted by Crippen LogP contribution is -2.26. The minimum Gasteiger partial charge on any atom is -0.394 e. The van der Waals surface area contributed by atoms with Crippen molar-refractivity contribution in [1.29, 1.82) is 0 Å². The van der Waals surface area contributed by atoms with Crippen molar-refractivity contribution in [2.24, 2.45) is 4.99 Å². The summed E-state index contributed by atoms with van der Waals surface area (Å²) in [4.78, 5) is 25.9. The summed E-state index contributed by atoms with van der Waals surface area (Å²) in [5, 5.41) is 9.02. The third-order valence-corrected chi connectivity index (χ3v) is 3.46. The second-order valence-corrected chi connectivity index (χ2v) is 4.95. The van der Waals surface area contributed by atoms with Crippen LogP contribution in [0.4, 0.5) is 5.95 Å². The molecule has 1 aliphatic rings. The first-order valence-corrected chi connectivity index (χ1v) is 7.08. The van der Waals surface area contributed by atoms with Crippen LogP contribution in [0, 0.1) is 0 Å². The van der Waals surface area contributed by atoms with Gasteiger partial charge in [0.05, 0.1) is 19.0 Å². The summed E-state index contributed by atoms with van der Waals surface area (Å²) < 4.78 is 6.43. The Bertz CT molecular complexity index is 521. The third kappa shape index (κ3) is 4.61. The van der Waals surface area contributed by atoms with Gasteiger partial charge in [-0.1, -0.05) is 0 Å². The van der Waals surface area contributed by atoms with E-state index in [0.717, 1.165) is 13.1 Å². The molecule has 8 heteroatoms. The number of nitrogens with zero attached hydrogens (tertiary/aromatic N) is 5. The van der Waals surface area contributed by atoms with E-state index in [1.54, 1.807) is 6.34 Å². The number of hydrogen-bond donors (Lipinski definition) is 1. The minimum absolute atomic E-state index is 0.0790. The van der Waals surface area contributed by atoms with Crippen LogP contribution < -0.4 is 5.69 Å². The first-order chi connectivity index (χ1) is 10.2. The molecule has 0 aliphatic carbocycles. The molecule has 2 rings (SSSR count). The molecule has 1 aromatic rings. The SMILES string of the molecule is COC(CO)CCn1cnc(/N=C/N2CCCC2)nc1=O. The number of methoxy groups -OCH3 is 1. The Balaban J connectivity index is 1.95. The maximum Gasteiger partial charge on any atom is 0.352 e. The smallest absolute Gasteiger partial charge is 0.352 e. The van der Waals surface area contributed by atoms with Crippen molar-refractivity contribution in [3.05, 3.63) is 16.8 Å². The monoisotopic (exact) mass is 295 g/mol. The van der Waals surface area contributed by atoms with Crippen LogP contribution in [-0.4, -0.2) is 63.8 Å². The van der Waals surface area contributed by atoms with Gasteiger partial charge in [0.2, 0.25) is 0 Å². The molecule has 1 saturated heterocycles. The molecule has 0 bridgehead atoms. The molecule has 1 fully saturated rings. The molecular formula is C13H21N5O3. The van der Waals surface area contributed by atoms with E-state index in [0.29, 0.717) is 13.0 Å². The zero-order valence-corrected chi connectivity index (χ0v) is 12.2. The fourth-order valence-corrected chi connectivity index (χ4v) is 2.12. The Hall–Kier alpha value is -1.80. The number of ether oxygens (including phenoxy) is 1. The molecule has 0 aromatic carbocycles. The molecule has 1 unspecified atom stereocenters. The Kier molecular flexibility index (Phi) is 5.82. The van der Waals surface area contributed by atoms with Gasteiger partial charge in [-0.25, -0.2) is 14.8 Å². The molecule has 1 atom stereocenters. The van der Waals surface area contributed by atoms with Crippen LogP contribution in [0.25, 0.3) is 0 Å². The van der Waals surface area contributed by atoms with E-state index >= 15 is 0 Å². The van der Waals surface area contributed by atoms with Crippen molar-refractivity contribution < 1.29 is 9.84 Å². The number of aliphatic hydroxyl groups is 1. The Morgan fingerprint density at radius 3 is 2.90 bits per heavy atom. The maximum atomic E-state index is 11.8. The summed E-state index contributed by atoms with van der Waals surface area (Å²) in [7, 11) is 1.52. The van der Waals surface area contributed by atoms with Crippen LogP contribution in [0.5, 0.6) is 0 Å². The van der Waals surface area contributed by atoms with Gasteiger partial charge in [0.1, 0.15) is 6.33 Å². The molecule has 21 heavy (non-hydrogen) atoms. The quantitative estimate of drug-likeness (QED) is 0.553. The summed E-state index contributed by atoms with van der Waals surface area (Å²) in [6.45, 7) is 2.29. The normalized spacial score (nSPS) is 16.8. The van der Waals surface area contributed by atoms with Crippen LogP contribution in [0.15, 0.2) is 16.1 Å². The molecule has 1 aromatic heterocycles. The van der Waals surface area contributed by atoms with Crippen LogP contribution in [0.3, 0.4) is 0 Å². The zero-order valence-electron chi connectivity index (χ0n) is 12.2. The predicted octanol–water partition coefficient (Wildman–Crippen LogP) is -0.209. The van der Waals surface area contributed by atoms with E-state index in [1.165, 1.54) is 30.8 Å². The fraction of sp³-hybridized carbons (Fsp3) is 0.692. The molecule has 1 aliphatic heterocycles. The van der Waals surface area contributed by atoms with Crippen molar-refractivity contribution in [2.75, 3.05) is 26.8 Å². The van der Waals surface area contributed by atoms with Crippen molar-refractivity contribution in [3.63, 3.8) is 0 Å². The Morgan fingerprint density at radius 1 is 1.52 bits per heavy atom. The maximum absolute atomic E-state index is 11.8. The van der Waals surface area contributed by atoms with Gasteiger partial charge in [0, 0.05) is 26.7 Å². The van der Waals surface area contributed by atoms with Crippen molar-refractivity contribution in [1.82, 2.24) is 19.4 Å². The first kappa shape index (κ1) is 15.6. The van der Waals surface area contributed by atoms with Gasteiger partial charge in [0.25, 0.3) is 5.95 Å². The van der Waals surface area contributed by atoms with Crippen LogP contribution in [0.2, 0.25) is 0 Å². The number of aryl methyl sites for hydroxylation is 1. The van der Waals surface area contributed by atoms with Gasteiger partial charge >= 0.3 is 5.69 Å². The van der Waals surface area contributed by atoms with Gasteiger partial charge in [-0.3, -0.25) is 4.57 Å². The number of likely N-dealkylation sites (tertiary alicyclic amines) is 1. The second-order valence-electron chi connectivity index (χ2n) is 4.95. The molecule has 1 N–H and O–H groups in total. The Morgan fingerprint density at radius 2 is 2.29 bits per heavy atom. The summed E-state index contributed by atoms with van der Waals surface area (Å²) in [5.74, 6) is 0.175. The molecule has 0 amide bonds. The summed E-state index contributed by atoms with van der Waals surface area (Å²) in [6.07, 6.45) is 5.69. The molecule has 0 radical (unpaired) electrons. The van der Waals surface area contributed by atoms with E-state index in [9.17, 15) is 4.79 Å². The molecule has 116 valence electrons. The first-order valence-electron chi connectivity index (χ1n) is 7.08. The lowest BCUT2D eigenvalue weighted by Gasteiger charge is -2.12. The number of aliphatic imine (C=N–C) groups is 1. The lowest BCUT2D eigenvalue weighted by molar-refractivity contribution is 0.0400. The van der Waals surface area contributed by atoms with Gasteiger partial charge in [-0.05, 0) is 19.3 Å². The van der Waals surface area contributed by atoms with Crippen LogP contribution in [0.1, 0.15) is 19.3 Å². The summed E-state index contributed by atoms with van der Waals surface area (Å²) >= 11 is 0. The highest BCUT2D eigenvalue weighted by Gasteiger charge is 2.09. The van der Waals surface area contributed by atoms with Crippen LogP contribution in [-0.2, 0) is 11.3 Å². The number of aromatic nitrogens is 3. The van der Waals surface area contributed by atoms with Crippen molar-refractivity contribution in [3.8, 4) is 0 Å². The van der Waals surface area contributed by atoms with Crippen molar-refractivity contribution >= 4 is 12.3 Å². The molecule has 0 spiro atoms. The van der Waals surface area contributed by atoms with E-state index in [-0.39, 0.29) is 18.7 Å². The van der Waals surface area contributed by atoms with Gasteiger partial charge < -0.3 is 14.7 Å². The number of rotatable bonds is 7. The average Bonchev–Trinajstić information content (AvgIpc) is 3.01. The van der Waals surface area contributed by atoms with E-state index < -0.39 is 5.69 Å². The van der Waals surface area contributed by atoms with Gasteiger partial charge in [-0.2, -0.15) is 4.98 Å². The average molecular weight is 295 g/mol. The topological polar surface area (TPSA) is 92.8 Å². The largest absolute Gasteiger partial charge is 0.394 e. The highest BCUT2D eigenvalue weighted by Crippen LogP contribution is 2.06. The minimum atomic E-state index is -0.397. The van der Waals surface area contributed by atoms with Crippen LogP contribution >= 0.6 is 0 Å². The fourth-order valence-electron chi connectivity index (χ4n) is 2.12.